The number of rotatable bonds is 4. The van der Waals surface area contributed by atoms with E-state index in [4.69, 9.17) is 0 Å². The molecule has 1 N–H and O–H groups in total. The van der Waals surface area contributed by atoms with Gasteiger partial charge in [-0.1, -0.05) is 0 Å². The van der Waals surface area contributed by atoms with Gasteiger partial charge in [-0.25, -0.2) is 8.78 Å². The van der Waals surface area contributed by atoms with Gasteiger partial charge >= 0.3 is 0 Å². The first kappa shape index (κ1) is 13.1. The third kappa shape index (κ3) is 2.90. The molecule has 1 heterocycles. The minimum Gasteiger partial charge on any atom is -0.378 e. The van der Waals surface area contributed by atoms with Gasteiger partial charge in [0.1, 0.15) is 11.6 Å². The molecule has 0 aliphatic rings. The van der Waals surface area contributed by atoms with Gasteiger partial charge < -0.3 is 9.88 Å². The number of aryl methyl sites for hydroxylation is 1. The van der Waals surface area contributed by atoms with E-state index in [1.54, 1.807) is 0 Å². The van der Waals surface area contributed by atoms with Crippen LogP contribution in [0.1, 0.15) is 12.5 Å². The Hall–Kier alpha value is -1.36. The first-order valence-corrected chi connectivity index (χ1v) is 6.42. The molecule has 1 aromatic heterocycles. The number of anilines is 1. The van der Waals surface area contributed by atoms with Crippen molar-refractivity contribution in [1.29, 1.82) is 0 Å². The fourth-order valence-electron chi connectivity index (χ4n) is 1.65. The van der Waals surface area contributed by atoms with Gasteiger partial charge in [0, 0.05) is 31.5 Å². The molecule has 0 unspecified atom stereocenters. The number of hydrogen-bond acceptors (Lipinski definition) is 1. The van der Waals surface area contributed by atoms with Crippen molar-refractivity contribution in [3.8, 4) is 0 Å². The van der Waals surface area contributed by atoms with Crippen molar-refractivity contribution < 1.29 is 8.78 Å². The molecule has 0 aliphatic heterocycles. The second-order valence-electron chi connectivity index (χ2n) is 3.95. The van der Waals surface area contributed by atoms with Crippen LogP contribution in [0.3, 0.4) is 0 Å². The maximum absolute atomic E-state index is 13.5. The molecule has 1 aromatic carbocycles. The van der Waals surface area contributed by atoms with Crippen LogP contribution in [0.4, 0.5) is 14.5 Å². The quantitative estimate of drug-likeness (QED) is 0.838. The lowest BCUT2D eigenvalue weighted by molar-refractivity contribution is 0.596. The zero-order chi connectivity index (χ0) is 13.1. The average molecular weight is 315 g/mol. The van der Waals surface area contributed by atoms with Crippen LogP contribution in [-0.4, -0.2) is 4.57 Å². The van der Waals surface area contributed by atoms with Gasteiger partial charge in [0.25, 0.3) is 0 Å². The van der Waals surface area contributed by atoms with Gasteiger partial charge in [-0.2, -0.15) is 0 Å². The fraction of sp³-hybridized carbons (Fsp3) is 0.231. The minimum atomic E-state index is -0.481. The summed E-state index contributed by atoms with van der Waals surface area (Å²) in [5.74, 6) is -0.955. The van der Waals surface area contributed by atoms with E-state index in [1.807, 2.05) is 30.0 Å². The zero-order valence-corrected chi connectivity index (χ0v) is 11.5. The Labute approximate surface area is 113 Å². The molecule has 0 atom stereocenters. The van der Waals surface area contributed by atoms with E-state index < -0.39 is 11.6 Å². The molecule has 0 aliphatic carbocycles. The third-order valence-corrected chi connectivity index (χ3v) is 3.28. The Morgan fingerprint density at radius 1 is 1.28 bits per heavy atom. The highest BCUT2D eigenvalue weighted by Crippen LogP contribution is 2.23. The van der Waals surface area contributed by atoms with Crippen molar-refractivity contribution in [3.05, 3.63) is 52.3 Å². The maximum atomic E-state index is 13.5. The summed E-state index contributed by atoms with van der Waals surface area (Å²) in [7, 11) is 0. The van der Waals surface area contributed by atoms with Gasteiger partial charge in [0.2, 0.25) is 0 Å². The number of nitrogens with one attached hydrogen (secondary N) is 1. The molecule has 0 radical (unpaired) electrons. The highest BCUT2D eigenvalue weighted by molar-refractivity contribution is 9.10. The summed E-state index contributed by atoms with van der Waals surface area (Å²) in [4.78, 5) is 0. The number of hydrogen-bond donors (Lipinski definition) is 1. The Morgan fingerprint density at radius 3 is 2.72 bits per heavy atom. The van der Waals surface area contributed by atoms with Crippen LogP contribution < -0.4 is 5.32 Å². The minimum absolute atomic E-state index is 0.127. The molecule has 0 amide bonds. The largest absolute Gasteiger partial charge is 0.378 e. The summed E-state index contributed by atoms with van der Waals surface area (Å²) in [5, 5.41) is 2.89. The lowest BCUT2D eigenvalue weighted by atomic mass is 10.2. The first-order valence-electron chi connectivity index (χ1n) is 5.63. The Kier molecular flexibility index (Phi) is 4.01. The van der Waals surface area contributed by atoms with Crippen molar-refractivity contribution in [2.75, 3.05) is 5.32 Å². The standard InChI is InChI=1S/C13H13BrF2N2/c1-2-18-4-3-9(8-18)7-17-13-6-11(15)10(14)5-12(13)16/h3-6,8,17H,2,7H2,1H3. The smallest absolute Gasteiger partial charge is 0.147 e. The fourth-order valence-corrected chi connectivity index (χ4v) is 1.96. The van der Waals surface area contributed by atoms with Gasteiger partial charge in [-0.3, -0.25) is 0 Å². The number of nitrogens with zero attached hydrogens (tertiary/aromatic N) is 1. The van der Waals surface area contributed by atoms with Crippen molar-refractivity contribution >= 4 is 21.6 Å². The van der Waals surface area contributed by atoms with Gasteiger partial charge in [0.05, 0.1) is 10.2 Å². The van der Waals surface area contributed by atoms with E-state index in [0.29, 0.717) is 6.54 Å². The Balaban J connectivity index is 2.08. The molecule has 2 nitrogen and oxygen atoms in total. The van der Waals surface area contributed by atoms with Gasteiger partial charge in [-0.15, -0.1) is 0 Å². The van der Waals surface area contributed by atoms with Crippen LogP contribution in [0.2, 0.25) is 0 Å². The molecule has 96 valence electrons. The number of aromatic nitrogens is 1. The Morgan fingerprint density at radius 2 is 2.06 bits per heavy atom. The van der Waals surface area contributed by atoms with Crippen LogP contribution in [0.25, 0.3) is 0 Å². The maximum Gasteiger partial charge on any atom is 0.147 e. The number of halogens is 3. The van der Waals surface area contributed by atoms with Crippen molar-refractivity contribution in [3.63, 3.8) is 0 Å². The van der Waals surface area contributed by atoms with Crippen molar-refractivity contribution in [2.24, 2.45) is 0 Å². The summed E-state index contributed by atoms with van der Waals surface area (Å²) >= 11 is 2.94. The van der Waals surface area contributed by atoms with Gasteiger partial charge in [-0.05, 0) is 40.5 Å². The van der Waals surface area contributed by atoms with Crippen LogP contribution >= 0.6 is 15.9 Å². The lowest BCUT2D eigenvalue weighted by Crippen LogP contribution is -2.01. The summed E-state index contributed by atoms with van der Waals surface area (Å²) in [5.41, 5.74) is 1.19. The molecule has 2 aromatic rings. The van der Waals surface area contributed by atoms with Crippen LogP contribution in [0.15, 0.2) is 35.1 Å². The second-order valence-corrected chi connectivity index (χ2v) is 4.80. The van der Waals surface area contributed by atoms with E-state index in [1.165, 1.54) is 0 Å². The summed E-state index contributed by atoms with van der Waals surface area (Å²) in [6.45, 7) is 3.40. The summed E-state index contributed by atoms with van der Waals surface area (Å²) < 4.78 is 29.0. The molecule has 0 saturated heterocycles. The first-order chi connectivity index (χ1) is 8.60. The van der Waals surface area contributed by atoms with Gasteiger partial charge in [0.15, 0.2) is 0 Å². The van der Waals surface area contributed by atoms with E-state index in [-0.39, 0.29) is 10.2 Å². The molecule has 0 saturated carbocycles. The van der Waals surface area contributed by atoms with E-state index in [9.17, 15) is 8.78 Å². The molecule has 0 bridgehead atoms. The predicted octanol–water partition coefficient (Wildman–Crippen LogP) is 4.16. The van der Waals surface area contributed by atoms with Crippen LogP contribution in [0.5, 0.6) is 0 Å². The Bertz CT molecular complexity index is 552. The van der Waals surface area contributed by atoms with Crippen molar-refractivity contribution in [1.82, 2.24) is 4.57 Å². The van der Waals surface area contributed by atoms with Crippen molar-refractivity contribution in [2.45, 2.75) is 20.0 Å². The monoisotopic (exact) mass is 314 g/mol. The highest BCUT2D eigenvalue weighted by Gasteiger charge is 2.08. The number of benzene rings is 1. The molecule has 18 heavy (non-hydrogen) atoms. The topological polar surface area (TPSA) is 17.0 Å². The molecular weight excluding hydrogens is 302 g/mol. The predicted molar refractivity (Wildman–Crippen MR) is 71.5 cm³/mol. The van der Waals surface area contributed by atoms with Crippen LogP contribution in [-0.2, 0) is 13.1 Å². The average Bonchev–Trinajstić information content (AvgIpc) is 2.80. The molecule has 5 heteroatoms. The molecule has 0 spiro atoms. The normalized spacial score (nSPS) is 10.7. The zero-order valence-electron chi connectivity index (χ0n) is 9.88. The van der Waals surface area contributed by atoms with E-state index >= 15 is 0 Å². The summed E-state index contributed by atoms with van der Waals surface area (Å²) in [6.07, 6.45) is 3.93. The third-order valence-electron chi connectivity index (χ3n) is 2.67. The van der Waals surface area contributed by atoms with E-state index in [0.717, 1.165) is 24.2 Å². The summed E-state index contributed by atoms with van der Waals surface area (Å²) in [6, 6.07) is 4.22. The molecule has 2 rings (SSSR count). The second kappa shape index (κ2) is 5.52. The van der Waals surface area contributed by atoms with E-state index in [2.05, 4.69) is 21.2 Å². The van der Waals surface area contributed by atoms with Crippen LogP contribution in [0, 0.1) is 11.6 Å². The molecular formula is C13H13BrF2N2. The molecule has 0 fully saturated rings. The SMILES string of the molecule is CCn1ccc(CNc2cc(F)c(Br)cc2F)c1. The highest BCUT2D eigenvalue weighted by atomic mass is 79.9. The lowest BCUT2D eigenvalue weighted by Gasteiger charge is -2.07.